The molecule has 1 amide bonds. The Morgan fingerprint density at radius 1 is 1.64 bits per heavy atom. The number of aliphatic hydroxyl groups is 1. The summed E-state index contributed by atoms with van der Waals surface area (Å²) in [6.07, 6.45) is 4.36. The number of esters is 1. The van der Waals surface area contributed by atoms with Crippen LogP contribution in [0.3, 0.4) is 0 Å². The Hall–Kier alpha value is -1.87. The van der Waals surface area contributed by atoms with Gasteiger partial charge in [-0.1, -0.05) is 41.2 Å². The predicted octanol–water partition coefficient (Wildman–Crippen LogP) is 0.974. The first-order chi connectivity index (χ1) is 10.5. The Balaban J connectivity index is 1.85. The van der Waals surface area contributed by atoms with Gasteiger partial charge in [0.2, 0.25) is 5.91 Å². The number of amides is 1. The highest BCUT2D eigenvalue weighted by atomic mass is 32.2. The maximum atomic E-state index is 12.2. The van der Waals surface area contributed by atoms with Gasteiger partial charge >= 0.3 is 5.97 Å². The first kappa shape index (κ1) is 16.5. The molecule has 0 aromatic heterocycles. The number of thioether (sulfide) groups is 1. The van der Waals surface area contributed by atoms with Crippen molar-refractivity contribution in [3.63, 3.8) is 0 Å². The molecule has 0 bridgehead atoms. The van der Waals surface area contributed by atoms with E-state index in [2.05, 4.69) is 27.6 Å². The first-order valence-electron chi connectivity index (χ1n) is 6.25. The van der Waals surface area contributed by atoms with Crippen LogP contribution >= 0.6 is 24.0 Å². The summed E-state index contributed by atoms with van der Waals surface area (Å²) < 4.78 is 3.71. The summed E-state index contributed by atoms with van der Waals surface area (Å²) in [5.74, 6) is -0.863. The molecule has 1 saturated heterocycles. The molecule has 1 heterocycles. The van der Waals surface area contributed by atoms with Crippen molar-refractivity contribution < 1.29 is 19.4 Å². The molecule has 1 aliphatic carbocycles. The van der Waals surface area contributed by atoms with E-state index in [0.29, 0.717) is 0 Å². The molecule has 10 heteroatoms. The van der Waals surface area contributed by atoms with Crippen LogP contribution in [0.1, 0.15) is 6.42 Å². The van der Waals surface area contributed by atoms with E-state index in [9.17, 15) is 14.7 Å². The SMILES string of the molecule is [N-]=[N+]=NC1=CC2(O)SC2(C(=O)NCCOC(=O)CC=S)C=C1. The van der Waals surface area contributed by atoms with E-state index < -0.39 is 21.6 Å². The van der Waals surface area contributed by atoms with Crippen molar-refractivity contribution in [2.24, 2.45) is 5.11 Å². The summed E-state index contributed by atoms with van der Waals surface area (Å²) in [5.41, 5.74) is 8.62. The van der Waals surface area contributed by atoms with Crippen LogP contribution in [0.5, 0.6) is 0 Å². The zero-order chi connectivity index (χ0) is 16.2. The molecule has 2 rings (SSSR count). The minimum Gasteiger partial charge on any atom is -0.464 e. The molecule has 0 radical (unpaired) electrons. The highest BCUT2D eigenvalue weighted by Gasteiger charge is 2.72. The standard InChI is InChI=1S/C12H12N4O4S2/c13-16-15-8-1-3-11(12(19,7-8)22-11)10(18)14-4-5-20-9(17)2-6-21/h1,3,6-7,19H,2,4-5H2,(H,14,18). The van der Waals surface area contributed by atoms with Crippen LogP contribution in [0.4, 0.5) is 0 Å². The van der Waals surface area contributed by atoms with Crippen LogP contribution in [-0.2, 0) is 14.3 Å². The number of rotatable bonds is 7. The van der Waals surface area contributed by atoms with Gasteiger partial charge in [-0.3, -0.25) is 9.59 Å². The molecule has 2 N–H and O–H groups in total. The average molecular weight is 340 g/mol. The number of nitrogens with one attached hydrogen (secondary N) is 1. The van der Waals surface area contributed by atoms with Crippen molar-refractivity contribution >= 4 is 41.2 Å². The molecule has 0 saturated carbocycles. The van der Waals surface area contributed by atoms with Gasteiger partial charge in [-0.25, -0.2) is 0 Å². The van der Waals surface area contributed by atoms with Gasteiger partial charge in [0.15, 0.2) is 9.68 Å². The molecule has 116 valence electrons. The summed E-state index contributed by atoms with van der Waals surface area (Å²) in [7, 11) is 0. The van der Waals surface area contributed by atoms with E-state index in [4.69, 9.17) is 10.3 Å². The zero-order valence-electron chi connectivity index (χ0n) is 11.3. The summed E-state index contributed by atoms with van der Waals surface area (Å²) in [6, 6.07) is 0. The fourth-order valence-corrected chi connectivity index (χ4v) is 3.22. The highest BCUT2D eigenvalue weighted by Crippen LogP contribution is 2.65. The molecular formula is C12H12N4O4S2. The molecule has 2 unspecified atom stereocenters. The number of carbonyl (C=O) groups is 2. The smallest absolute Gasteiger partial charge is 0.310 e. The van der Waals surface area contributed by atoms with Crippen molar-refractivity contribution in [2.75, 3.05) is 13.2 Å². The van der Waals surface area contributed by atoms with Crippen LogP contribution in [0.15, 0.2) is 29.0 Å². The van der Waals surface area contributed by atoms with Gasteiger partial charge in [-0.05, 0) is 17.0 Å². The Bertz CT molecular complexity index is 629. The second-order valence-corrected chi connectivity index (χ2v) is 6.28. The quantitative estimate of drug-likeness (QED) is 0.135. The molecule has 1 fully saturated rings. The van der Waals surface area contributed by atoms with Gasteiger partial charge < -0.3 is 15.2 Å². The third-order valence-corrected chi connectivity index (χ3v) is 4.71. The number of fused-ring (bicyclic) bond motifs is 1. The highest BCUT2D eigenvalue weighted by molar-refractivity contribution is 8.10. The van der Waals surface area contributed by atoms with Crippen LogP contribution in [0.2, 0.25) is 0 Å². The molecule has 1 aliphatic heterocycles. The van der Waals surface area contributed by atoms with Gasteiger partial charge in [0.1, 0.15) is 6.61 Å². The van der Waals surface area contributed by atoms with Gasteiger partial charge in [0.05, 0.1) is 13.0 Å². The lowest BCUT2D eigenvalue weighted by molar-refractivity contribution is -0.142. The summed E-state index contributed by atoms with van der Waals surface area (Å²) >= 11 is 5.56. The summed E-state index contributed by atoms with van der Waals surface area (Å²) in [6.45, 7) is 0.150. The second kappa shape index (κ2) is 6.49. The molecular weight excluding hydrogens is 328 g/mol. The monoisotopic (exact) mass is 340 g/mol. The first-order valence-corrected chi connectivity index (χ1v) is 7.53. The van der Waals surface area contributed by atoms with Crippen molar-refractivity contribution in [1.29, 1.82) is 0 Å². The van der Waals surface area contributed by atoms with E-state index >= 15 is 0 Å². The third kappa shape index (κ3) is 3.14. The van der Waals surface area contributed by atoms with Gasteiger partial charge in [-0.2, -0.15) is 0 Å². The summed E-state index contributed by atoms with van der Waals surface area (Å²) in [4.78, 5) is 24.5. The maximum absolute atomic E-state index is 12.2. The van der Waals surface area contributed by atoms with Gasteiger partial charge in [-0.15, -0.1) is 0 Å². The molecule has 8 nitrogen and oxygen atoms in total. The molecule has 0 aromatic rings. The number of allylic oxidation sites excluding steroid dienone is 1. The Morgan fingerprint density at radius 2 is 2.41 bits per heavy atom. The van der Waals surface area contributed by atoms with Crippen LogP contribution in [-0.4, -0.2) is 45.2 Å². The Morgan fingerprint density at radius 3 is 3.05 bits per heavy atom. The van der Waals surface area contributed by atoms with Crippen molar-refractivity contribution in [1.82, 2.24) is 5.32 Å². The van der Waals surface area contributed by atoms with Crippen LogP contribution in [0.25, 0.3) is 10.4 Å². The normalized spacial score (nSPS) is 27.8. The van der Waals surface area contributed by atoms with Crippen molar-refractivity contribution in [3.05, 3.63) is 34.4 Å². The van der Waals surface area contributed by atoms with Gasteiger partial charge in [0.25, 0.3) is 0 Å². The number of ether oxygens (including phenoxy) is 1. The maximum Gasteiger partial charge on any atom is 0.310 e. The fraction of sp³-hybridized carbons (Fsp3) is 0.417. The van der Waals surface area contributed by atoms with Crippen molar-refractivity contribution in [2.45, 2.75) is 16.1 Å². The predicted molar refractivity (Wildman–Crippen MR) is 83.9 cm³/mol. The third-order valence-electron chi connectivity index (χ3n) is 3.04. The average Bonchev–Trinajstić information content (AvgIpc) is 3.10. The minimum atomic E-state index is -1.41. The minimum absolute atomic E-state index is 0.0243. The van der Waals surface area contributed by atoms with E-state index in [-0.39, 0.29) is 25.3 Å². The lowest BCUT2D eigenvalue weighted by Crippen LogP contribution is -2.43. The topological polar surface area (TPSA) is 124 Å². The van der Waals surface area contributed by atoms with Crippen LogP contribution < -0.4 is 5.32 Å². The lowest BCUT2D eigenvalue weighted by Gasteiger charge is -2.17. The van der Waals surface area contributed by atoms with E-state index in [1.165, 1.54) is 23.6 Å². The van der Waals surface area contributed by atoms with E-state index in [1.54, 1.807) is 0 Å². The number of hydrogen-bond donors (Lipinski definition) is 2. The van der Waals surface area contributed by atoms with E-state index in [0.717, 1.165) is 11.8 Å². The molecule has 0 spiro atoms. The zero-order valence-corrected chi connectivity index (χ0v) is 12.9. The summed E-state index contributed by atoms with van der Waals surface area (Å²) in [5, 5.41) is 17.5. The van der Waals surface area contributed by atoms with Crippen LogP contribution in [0, 0.1) is 0 Å². The Labute approximate surface area is 135 Å². The Kier molecular flexibility index (Phi) is 4.87. The number of nitrogens with zero attached hydrogens (tertiary/aromatic N) is 3. The fourth-order valence-electron chi connectivity index (χ4n) is 1.95. The molecule has 22 heavy (non-hydrogen) atoms. The molecule has 2 atom stereocenters. The molecule has 2 aliphatic rings. The molecule has 0 aromatic carbocycles. The lowest BCUT2D eigenvalue weighted by atomic mass is 9.95. The largest absolute Gasteiger partial charge is 0.464 e. The second-order valence-electron chi connectivity index (χ2n) is 4.47. The van der Waals surface area contributed by atoms with E-state index in [1.807, 2.05) is 0 Å². The van der Waals surface area contributed by atoms with Gasteiger partial charge in [0, 0.05) is 10.6 Å². The van der Waals surface area contributed by atoms with Crippen molar-refractivity contribution in [3.8, 4) is 0 Å². The number of thiocarbonyl (C=S) groups is 1. The number of hydrogen-bond acceptors (Lipinski definition) is 7. The number of carbonyl (C=O) groups excluding carboxylic acids is 2. The number of azide groups is 1.